The monoisotopic (exact) mass is 716 g/mol. The van der Waals surface area contributed by atoms with Crippen molar-refractivity contribution < 1.29 is 33.8 Å². The Hall–Kier alpha value is -3.49. The molecule has 3 aromatic carbocycles. The Morgan fingerprint density at radius 2 is 1.81 bits per heavy atom. The number of hydrogen-bond donors (Lipinski definition) is 2. The molecule has 2 amide bonds. The van der Waals surface area contributed by atoms with E-state index in [1.54, 1.807) is 43.5 Å². The normalized spacial score (nSPS) is 17.7. The minimum Gasteiger partial charge on any atom is -0.497 e. The Balaban J connectivity index is 1.37. The number of halogens is 1. The number of carbonyl (C=O) groups is 4. The molecule has 5 rings (SSSR count). The van der Waals surface area contributed by atoms with Gasteiger partial charge in [0.05, 0.1) is 19.1 Å². The fourth-order valence-corrected chi connectivity index (χ4v) is 7.77. The summed E-state index contributed by atoms with van der Waals surface area (Å²) in [5.74, 6) is -1.28. The molecule has 1 fully saturated rings. The van der Waals surface area contributed by atoms with Crippen LogP contribution in [0.3, 0.4) is 0 Å². The first-order chi connectivity index (χ1) is 20.2. The molecule has 0 spiro atoms. The van der Waals surface area contributed by atoms with Crippen LogP contribution in [0.1, 0.15) is 21.5 Å². The smallest absolute Gasteiger partial charge is 0.356 e. The van der Waals surface area contributed by atoms with Gasteiger partial charge in [-0.25, -0.2) is 9.59 Å². The number of fused-ring (bicyclic) bond motifs is 1. The molecular formula is C30H25IN2O7S2. The average molecular weight is 717 g/mol. The van der Waals surface area contributed by atoms with Crippen molar-refractivity contribution in [3.63, 3.8) is 0 Å². The summed E-state index contributed by atoms with van der Waals surface area (Å²) in [5.41, 5.74) is 1.87. The second kappa shape index (κ2) is 13.2. The summed E-state index contributed by atoms with van der Waals surface area (Å²) in [6.45, 7) is -0.00774. The molecule has 216 valence electrons. The highest BCUT2D eigenvalue weighted by atomic mass is 127. The number of esters is 1. The van der Waals surface area contributed by atoms with Crippen molar-refractivity contribution in [2.45, 2.75) is 29.3 Å². The van der Waals surface area contributed by atoms with Gasteiger partial charge in [-0.15, -0.1) is 11.8 Å². The SMILES string of the molecule is COc1ccc(COC(=O)C2=C(Sc3ccc(C(=O)O)cc3I)CS[C@@H]3[C@H](NC(=O)Cc4ccccc4)C(=O)N23)cc1. The van der Waals surface area contributed by atoms with Gasteiger partial charge in [0.1, 0.15) is 29.5 Å². The van der Waals surface area contributed by atoms with Gasteiger partial charge in [0, 0.05) is 19.1 Å². The fraction of sp³-hybridized carbons (Fsp3) is 0.200. The van der Waals surface area contributed by atoms with Crippen LogP contribution >= 0.6 is 46.1 Å². The highest BCUT2D eigenvalue weighted by Crippen LogP contribution is 2.46. The molecule has 2 aliphatic rings. The van der Waals surface area contributed by atoms with Gasteiger partial charge in [-0.05, 0) is 64.0 Å². The number of methoxy groups -OCH3 is 1. The molecule has 2 aliphatic heterocycles. The van der Waals surface area contributed by atoms with Gasteiger partial charge < -0.3 is 19.9 Å². The van der Waals surface area contributed by atoms with Crippen LogP contribution in [0, 0.1) is 3.57 Å². The van der Waals surface area contributed by atoms with Gasteiger partial charge in [0.2, 0.25) is 5.91 Å². The van der Waals surface area contributed by atoms with Crippen molar-refractivity contribution in [3.8, 4) is 5.75 Å². The largest absolute Gasteiger partial charge is 0.497 e. The lowest BCUT2D eigenvalue weighted by Crippen LogP contribution is -2.70. The van der Waals surface area contributed by atoms with Crippen molar-refractivity contribution in [1.29, 1.82) is 0 Å². The van der Waals surface area contributed by atoms with E-state index in [1.165, 1.54) is 34.5 Å². The Bertz CT molecular complexity index is 1560. The van der Waals surface area contributed by atoms with Gasteiger partial charge in [-0.2, -0.15) is 0 Å². The fourth-order valence-electron chi connectivity index (χ4n) is 4.45. The van der Waals surface area contributed by atoms with Crippen molar-refractivity contribution in [2.24, 2.45) is 0 Å². The molecule has 1 saturated heterocycles. The van der Waals surface area contributed by atoms with Gasteiger partial charge >= 0.3 is 11.9 Å². The maximum absolute atomic E-state index is 13.5. The lowest BCUT2D eigenvalue weighted by molar-refractivity contribution is -0.153. The molecule has 9 nitrogen and oxygen atoms in total. The van der Waals surface area contributed by atoms with Crippen molar-refractivity contribution in [3.05, 3.63) is 104 Å². The maximum atomic E-state index is 13.5. The number of nitrogens with zero attached hydrogens (tertiary/aromatic N) is 1. The van der Waals surface area contributed by atoms with Crippen LogP contribution < -0.4 is 10.1 Å². The van der Waals surface area contributed by atoms with E-state index < -0.39 is 23.4 Å². The summed E-state index contributed by atoms with van der Waals surface area (Å²) in [6.07, 6.45) is 0.139. The Kier molecular flexibility index (Phi) is 9.43. The number of benzene rings is 3. The highest BCUT2D eigenvalue weighted by Gasteiger charge is 2.54. The molecule has 12 heteroatoms. The lowest BCUT2D eigenvalue weighted by atomic mass is 10.0. The number of carbonyl (C=O) groups excluding carboxylic acids is 3. The number of β-lactam (4-membered cyclic amide) rings is 1. The molecule has 2 heterocycles. The van der Waals surface area contributed by atoms with Gasteiger partial charge in [-0.3, -0.25) is 14.5 Å². The average Bonchev–Trinajstić information content (AvgIpc) is 3.00. The zero-order chi connectivity index (χ0) is 29.8. The van der Waals surface area contributed by atoms with Crippen molar-refractivity contribution >= 4 is 69.9 Å². The Morgan fingerprint density at radius 3 is 2.48 bits per heavy atom. The number of thioether (sulfide) groups is 2. The molecular weight excluding hydrogens is 691 g/mol. The summed E-state index contributed by atoms with van der Waals surface area (Å²) >= 11 is 4.80. The van der Waals surface area contributed by atoms with Crippen LogP contribution in [0.15, 0.2) is 88.3 Å². The molecule has 0 saturated carbocycles. The minimum absolute atomic E-state index is 0.00774. The molecule has 0 bridgehead atoms. The molecule has 42 heavy (non-hydrogen) atoms. The van der Waals surface area contributed by atoms with E-state index in [0.29, 0.717) is 20.0 Å². The van der Waals surface area contributed by atoms with E-state index in [1.807, 2.05) is 30.3 Å². The highest BCUT2D eigenvalue weighted by molar-refractivity contribution is 14.1. The van der Waals surface area contributed by atoms with Crippen LogP contribution in [0.5, 0.6) is 5.75 Å². The van der Waals surface area contributed by atoms with E-state index in [4.69, 9.17) is 9.47 Å². The summed E-state index contributed by atoms with van der Waals surface area (Å²) in [6, 6.07) is 20.3. The van der Waals surface area contributed by atoms with Crippen molar-refractivity contribution in [1.82, 2.24) is 10.2 Å². The third-order valence-corrected chi connectivity index (χ3v) is 10.5. The maximum Gasteiger partial charge on any atom is 0.356 e. The summed E-state index contributed by atoms with van der Waals surface area (Å²) in [4.78, 5) is 53.8. The first-order valence-electron chi connectivity index (χ1n) is 12.8. The molecule has 2 N–H and O–H groups in total. The molecule has 2 atom stereocenters. The van der Waals surface area contributed by atoms with E-state index >= 15 is 0 Å². The molecule has 3 aromatic rings. The van der Waals surface area contributed by atoms with E-state index in [9.17, 15) is 24.3 Å². The third kappa shape index (κ3) is 6.60. The van der Waals surface area contributed by atoms with E-state index in [2.05, 4.69) is 27.9 Å². The zero-order valence-electron chi connectivity index (χ0n) is 22.2. The lowest BCUT2D eigenvalue weighted by Gasteiger charge is -2.49. The summed E-state index contributed by atoms with van der Waals surface area (Å²) in [7, 11) is 1.57. The number of rotatable bonds is 10. The van der Waals surface area contributed by atoms with Gasteiger partial charge in [0.15, 0.2) is 0 Å². The zero-order valence-corrected chi connectivity index (χ0v) is 26.0. The van der Waals surface area contributed by atoms with E-state index in [-0.39, 0.29) is 36.1 Å². The quantitative estimate of drug-likeness (QED) is 0.175. The number of nitrogens with one attached hydrogen (secondary N) is 1. The standard InChI is InChI=1S/C30H25IN2O7S2/c1-39-20-10-7-18(8-11-20)15-40-30(38)26-23(42-22-12-9-19(29(36)37)14-21(22)31)16-41-28-25(27(35)33(26)28)32-24(34)13-17-5-3-2-4-6-17/h2-12,14,25,28H,13,15-16H2,1H3,(H,32,34)(H,36,37)/t25-,28-/m1/s1. The van der Waals surface area contributed by atoms with Crippen molar-refractivity contribution in [2.75, 3.05) is 12.9 Å². The predicted octanol–water partition coefficient (Wildman–Crippen LogP) is 4.69. The molecule has 0 aliphatic carbocycles. The number of hydrogen-bond acceptors (Lipinski definition) is 8. The second-order valence-electron chi connectivity index (χ2n) is 9.37. The van der Waals surface area contributed by atoms with Crippen LogP contribution in [0.2, 0.25) is 0 Å². The number of aromatic carboxylic acids is 1. The van der Waals surface area contributed by atoms with Crippen LogP contribution in [-0.4, -0.2) is 58.0 Å². The van der Waals surface area contributed by atoms with Gasteiger partial charge in [0.25, 0.3) is 5.91 Å². The first kappa shape index (κ1) is 30.0. The topological polar surface area (TPSA) is 122 Å². The molecule has 0 unspecified atom stereocenters. The molecule has 0 radical (unpaired) electrons. The van der Waals surface area contributed by atoms with E-state index in [0.717, 1.165) is 16.0 Å². The molecule has 0 aromatic heterocycles. The summed E-state index contributed by atoms with van der Waals surface area (Å²) in [5, 5.41) is 11.7. The number of amides is 2. The van der Waals surface area contributed by atoms with Crippen LogP contribution in [-0.2, 0) is 32.1 Å². The third-order valence-electron chi connectivity index (χ3n) is 6.59. The number of carboxylic acid groups (broad SMARTS) is 1. The first-order valence-corrected chi connectivity index (χ1v) is 15.7. The van der Waals surface area contributed by atoms with Gasteiger partial charge in [-0.1, -0.05) is 54.2 Å². The number of ether oxygens (including phenoxy) is 2. The van der Waals surface area contributed by atoms with Crippen LogP contribution in [0.4, 0.5) is 0 Å². The number of carboxylic acids is 1. The van der Waals surface area contributed by atoms with Crippen LogP contribution in [0.25, 0.3) is 0 Å². The Morgan fingerprint density at radius 1 is 1.07 bits per heavy atom. The summed E-state index contributed by atoms with van der Waals surface area (Å²) < 4.78 is 11.5. The Labute approximate surface area is 264 Å². The predicted molar refractivity (Wildman–Crippen MR) is 167 cm³/mol. The minimum atomic E-state index is -1.03. The second-order valence-corrected chi connectivity index (χ2v) is 12.8.